The third kappa shape index (κ3) is 3.57. The molecular formula is C20H24N4O2. The molecular weight excluding hydrogens is 328 g/mol. The number of aliphatic hydroxyl groups excluding tert-OH is 1. The van der Waals surface area contributed by atoms with Crippen LogP contribution in [0.5, 0.6) is 0 Å². The molecule has 2 atom stereocenters. The van der Waals surface area contributed by atoms with Crippen molar-refractivity contribution >= 4 is 0 Å². The molecule has 0 radical (unpaired) electrons. The van der Waals surface area contributed by atoms with Crippen LogP contribution in [0.25, 0.3) is 5.69 Å². The van der Waals surface area contributed by atoms with E-state index in [4.69, 9.17) is 4.52 Å². The normalized spacial score (nSPS) is 20.7. The minimum atomic E-state index is -0.341. The smallest absolute Gasteiger partial charge is 0.137 e. The van der Waals surface area contributed by atoms with Crippen LogP contribution < -0.4 is 0 Å². The molecule has 1 N–H and O–H groups in total. The Morgan fingerprint density at radius 1 is 1.23 bits per heavy atom. The molecule has 136 valence electrons. The van der Waals surface area contributed by atoms with Gasteiger partial charge in [0.1, 0.15) is 5.76 Å². The molecule has 0 bridgehead atoms. The van der Waals surface area contributed by atoms with Gasteiger partial charge in [0, 0.05) is 49.8 Å². The van der Waals surface area contributed by atoms with Crippen molar-refractivity contribution < 1.29 is 9.63 Å². The Morgan fingerprint density at radius 2 is 2.08 bits per heavy atom. The van der Waals surface area contributed by atoms with Crippen LogP contribution in [0.3, 0.4) is 0 Å². The van der Waals surface area contributed by atoms with E-state index in [0.717, 1.165) is 42.2 Å². The van der Waals surface area contributed by atoms with E-state index in [1.54, 1.807) is 0 Å². The van der Waals surface area contributed by atoms with E-state index in [0.29, 0.717) is 6.54 Å². The van der Waals surface area contributed by atoms with Gasteiger partial charge in [-0.1, -0.05) is 23.4 Å². The Labute approximate surface area is 153 Å². The van der Waals surface area contributed by atoms with E-state index >= 15 is 0 Å². The summed E-state index contributed by atoms with van der Waals surface area (Å²) < 4.78 is 7.22. The van der Waals surface area contributed by atoms with Crippen LogP contribution in [0.1, 0.15) is 22.6 Å². The van der Waals surface area contributed by atoms with Gasteiger partial charge in [-0.3, -0.25) is 4.90 Å². The number of β-amino-alcohol motifs (C(OH)–C–C–N with tert-alkyl or cyclic N) is 1. The second-order valence-electron chi connectivity index (χ2n) is 7.24. The molecule has 1 aromatic carbocycles. The first-order chi connectivity index (χ1) is 12.6. The SMILES string of the molecule is Cc1cc(CC2CN(Cc3cnn(-c4ccccc4C)c3)CC2O)on1. The van der Waals surface area contributed by atoms with Crippen molar-refractivity contribution in [1.82, 2.24) is 19.8 Å². The number of rotatable bonds is 5. The number of hydrogen-bond acceptors (Lipinski definition) is 5. The Bertz CT molecular complexity index is 885. The van der Waals surface area contributed by atoms with Crippen LogP contribution in [0.2, 0.25) is 0 Å². The van der Waals surface area contributed by atoms with E-state index in [-0.39, 0.29) is 12.0 Å². The van der Waals surface area contributed by atoms with Crippen LogP contribution in [0, 0.1) is 19.8 Å². The molecule has 0 amide bonds. The third-order valence-electron chi connectivity index (χ3n) is 5.03. The zero-order valence-corrected chi connectivity index (χ0v) is 15.2. The van der Waals surface area contributed by atoms with Crippen molar-refractivity contribution in [2.45, 2.75) is 32.9 Å². The van der Waals surface area contributed by atoms with E-state index in [9.17, 15) is 5.11 Å². The van der Waals surface area contributed by atoms with E-state index in [2.05, 4.69) is 40.4 Å². The highest BCUT2D eigenvalue weighted by Gasteiger charge is 2.32. The van der Waals surface area contributed by atoms with Gasteiger partial charge in [-0.15, -0.1) is 0 Å². The van der Waals surface area contributed by atoms with Gasteiger partial charge in [0.2, 0.25) is 0 Å². The zero-order chi connectivity index (χ0) is 18.1. The van der Waals surface area contributed by atoms with Gasteiger partial charge in [0.25, 0.3) is 0 Å². The predicted molar refractivity (Wildman–Crippen MR) is 98.0 cm³/mol. The fourth-order valence-electron chi connectivity index (χ4n) is 3.69. The first-order valence-corrected chi connectivity index (χ1v) is 9.00. The first-order valence-electron chi connectivity index (χ1n) is 9.00. The maximum atomic E-state index is 10.4. The monoisotopic (exact) mass is 352 g/mol. The predicted octanol–water partition coefficient (Wildman–Crippen LogP) is 2.51. The second-order valence-corrected chi connectivity index (χ2v) is 7.24. The summed E-state index contributed by atoms with van der Waals surface area (Å²) >= 11 is 0. The van der Waals surface area contributed by atoms with Crippen molar-refractivity contribution in [2.75, 3.05) is 13.1 Å². The molecule has 1 aliphatic rings. The fourth-order valence-corrected chi connectivity index (χ4v) is 3.69. The maximum absolute atomic E-state index is 10.4. The van der Waals surface area contributed by atoms with Crippen molar-refractivity contribution in [2.24, 2.45) is 5.92 Å². The van der Waals surface area contributed by atoms with Crippen LogP contribution >= 0.6 is 0 Å². The van der Waals surface area contributed by atoms with Crippen LogP contribution in [-0.4, -0.2) is 44.1 Å². The molecule has 3 heterocycles. The standard InChI is InChI=1S/C20H24N4O2/c1-14-5-3-4-6-19(14)24-11-16(9-21-24)10-23-12-17(20(25)13-23)8-18-7-15(2)22-26-18/h3-7,9,11,17,20,25H,8,10,12-13H2,1-2H3. The number of aliphatic hydroxyl groups is 1. The van der Waals surface area contributed by atoms with Crippen LogP contribution in [0.15, 0.2) is 47.2 Å². The Kier molecular flexibility index (Phi) is 4.61. The number of likely N-dealkylation sites (tertiary alicyclic amines) is 1. The highest BCUT2D eigenvalue weighted by atomic mass is 16.5. The lowest BCUT2D eigenvalue weighted by atomic mass is 10.0. The topological polar surface area (TPSA) is 67.3 Å². The Balaban J connectivity index is 1.40. The zero-order valence-electron chi connectivity index (χ0n) is 15.2. The van der Waals surface area contributed by atoms with Gasteiger partial charge >= 0.3 is 0 Å². The van der Waals surface area contributed by atoms with Gasteiger partial charge < -0.3 is 9.63 Å². The first kappa shape index (κ1) is 17.0. The molecule has 6 nitrogen and oxygen atoms in total. The van der Waals surface area contributed by atoms with Gasteiger partial charge in [-0.05, 0) is 25.5 Å². The molecule has 4 rings (SSSR count). The molecule has 0 saturated carbocycles. The number of hydrogen-bond donors (Lipinski definition) is 1. The van der Waals surface area contributed by atoms with Gasteiger partial charge in [-0.25, -0.2) is 4.68 Å². The summed E-state index contributed by atoms with van der Waals surface area (Å²) in [6.45, 7) is 6.30. The molecule has 3 aromatic rings. The second kappa shape index (κ2) is 7.05. The average Bonchev–Trinajstić information content (AvgIpc) is 3.31. The molecule has 6 heteroatoms. The van der Waals surface area contributed by atoms with E-state index in [1.165, 1.54) is 5.56 Å². The Hall–Kier alpha value is -2.44. The molecule has 1 aliphatic heterocycles. The maximum Gasteiger partial charge on any atom is 0.137 e. The number of aromatic nitrogens is 3. The van der Waals surface area contributed by atoms with Crippen LogP contribution in [-0.2, 0) is 13.0 Å². The molecule has 26 heavy (non-hydrogen) atoms. The molecule has 0 aliphatic carbocycles. The third-order valence-corrected chi connectivity index (χ3v) is 5.03. The molecule has 0 spiro atoms. The lowest BCUT2D eigenvalue weighted by molar-refractivity contribution is 0.137. The molecule has 1 saturated heterocycles. The largest absolute Gasteiger partial charge is 0.391 e. The highest BCUT2D eigenvalue weighted by Crippen LogP contribution is 2.24. The van der Waals surface area contributed by atoms with Crippen LogP contribution in [0.4, 0.5) is 0 Å². The van der Waals surface area contributed by atoms with Gasteiger partial charge in [-0.2, -0.15) is 5.10 Å². The summed E-state index contributed by atoms with van der Waals surface area (Å²) in [4.78, 5) is 2.28. The minimum absolute atomic E-state index is 0.175. The van der Waals surface area contributed by atoms with E-state index < -0.39 is 0 Å². The quantitative estimate of drug-likeness (QED) is 0.764. The lowest BCUT2D eigenvalue weighted by Gasteiger charge is -2.13. The lowest BCUT2D eigenvalue weighted by Crippen LogP contribution is -2.21. The number of benzene rings is 1. The van der Waals surface area contributed by atoms with Crippen molar-refractivity contribution in [3.8, 4) is 5.69 Å². The summed E-state index contributed by atoms with van der Waals surface area (Å²) in [6.07, 6.45) is 4.36. The summed E-state index contributed by atoms with van der Waals surface area (Å²) in [5.74, 6) is 1.02. The van der Waals surface area contributed by atoms with Crippen molar-refractivity contribution in [3.63, 3.8) is 0 Å². The highest BCUT2D eigenvalue weighted by molar-refractivity contribution is 5.39. The van der Waals surface area contributed by atoms with Gasteiger partial charge in [0.15, 0.2) is 0 Å². The molecule has 1 fully saturated rings. The minimum Gasteiger partial charge on any atom is -0.391 e. The summed E-state index contributed by atoms with van der Waals surface area (Å²) in [5, 5.41) is 18.8. The van der Waals surface area contributed by atoms with Crippen molar-refractivity contribution in [3.05, 3.63) is 65.3 Å². The molecule has 2 unspecified atom stereocenters. The average molecular weight is 352 g/mol. The molecule has 2 aromatic heterocycles. The number of para-hydroxylation sites is 1. The Morgan fingerprint density at radius 3 is 2.85 bits per heavy atom. The van der Waals surface area contributed by atoms with Gasteiger partial charge in [0.05, 0.1) is 23.7 Å². The number of nitrogens with zero attached hydrogens (tertiary/aromatic N) is 4. The van der Waals surface area contributed by atoms with E-state index in [1.807, 2.05) is 36.0 Å². The summed E-state index contributed by atoms with van der Waals surface area (Å²) in [6, 6.07) is 10.2. The summed E-state index contributed by atoms with van der Waals surface area (Å²) in [5.41, 5.74) is 4.32. The van der Waals surface area contributed by atoms with Crippen molar-refractivity contribution in [1.29, 1.82) is 0 Å². The number of aryl methyl sites for hydroxylation is 2. The summed E-state index contributed by atoms with van der Waals surface area (Å²) in [7, 11) is 0. The fraction of sp³-hybridized carbons (Fsp3) is 0.400.